The van der Waals surface area contributed by atoms with Gasteiger partial charge < -0.3 is 5.32 Å². The molecule has 1 aromatic heterocycles. The maximum atomic E-state index is 13.1. The van der Waals surface area contributed by atoms with Crippen molar-refractivity contribution < 1.29 is 21.6 Å². The zero-order chi connectivity index (χ0) is 24.4. The van der Waals surface area contributed by atoms with Crippen LogP contribution in [0.2, 0.25) is 0 Å². The van der Waals surface area contributed by atoms with Gasteiger partial charge in [-0.3, -0.25) is 13.8 Å². The third-order valence-electron chi connectivity index (χ3n) is 5.08. The first-order chi connectivity index (χ1) is 15.4. The molecule has 0 saturated heterocycles. The molecule has 10 nitrogen and oxygen atoms in total. The first-order valence-electron chi connectivity index (χ1n) is 9.89. The zero-order valence-electron chi connectivity index (χ0n) is 18.4. The number of primary sulfonamides is 1. The lowest BCUT2D eigenvalue weighted by molar-refractivity contribution is 0.0954. The Morgan fingerprint density at radius 2 is 1.61 bits per heavy atom. The lowest BCUT2D eigenvalue weighted by Gasteiger charge is -2.21. The number of nitrogens with zero attached hydrogens (tertiary/aromatic N) is 3. The number of benzene rings is 2. The van der Waals surface area contributed by atoms with E-state index in [-0.39, 0.29) is 27.7 Å². The molecule has 0 radical (unpaired) electrons. The molecule has 1 amide bonds. The molecule has 3 N–H and O–H groups in total. The smallest absolute Gasteiger partial charge is 0.265 e. The normalized spacial score (nSPS) is 11.9. The summed E-state index contributed by atoms with van der Waals surface area (Å²) in [6.07, 6.45) is 1.75. The van der Waals surface area contributed by atoms with Crippen LogP contribution in [0.4, 0.5) is 5.82 Å². The maximum Gasteiger partial charge on any atom is 0.265 e. The molecule has 0 aliphatic heterocycles. The second-order valence-electron chi connectivity index (χ2n) is 7.49. The number of anilines is 1. The molecule has 12 heteroatoms. The Bertz CT molecular complexity index is 1360. The fourth-order valence-electron chi connectivity index (χ4n) is 3.21. The van der Waals surface area contributed by atoms with E-state index in [9.17, 15) is 21.6 Å². The number of aromatic nitrogens is 2. The summed E-state index contributed by atoms with van der Waals surface area (Å²) in [7, 11) is -4.74. The average Bonchev–Trinajstić information content (AvgIpc) is 3.14. The first-order valence-corrected chi connectivity index (χ1v) is 12.9. The van der Waals surface area contributed by atoms with Crippen molar-refractivity contribution in [1.82, 2.24) is 15.1 Å². The van der Waals surface area contributed by atoms with Gasteiger partial charge in [-0.2, -0.15) is 5.10 Å². The van der Waals surface area contributed by atoms with Gasteiger partial charge in [0.1, 0.15) is 5.56 Å². The molecule has 0 unspecified atom stereocenters. The van der Waals surface area contributed by atoms with Crippen molar-refractivity contribution in [3.05, 3.63) is 71.4 Å². The largest absolute Gasteiger partial charge is 0.352 e. The number of nitrogens with one attached hydrogen (secondary N) is 1. The fourth-order valence-corrected chi connectivity index (χ4v) is 4.96. The zero-order valence-corrected chi connectivity index (χ0v) is 20.0. The molecule has 0 bridgehead atoms. The van der Waals surface area contributed by atoms with E-state index in [0.717, 1.165) is 15.4 Å². The van der Waals surface area contributed by atoms with Gasteiger partial charge in [0.2, 0.25) is 10.0 Å². The molecule has 0 atom stereocenters. The summed E-state index contributed by atoms with van der Waals surface area (Å²) >= 11 is 0. The molecule has 1 heterocycles. The van der Waals surface area contributed by atoms with E-state index in [1.807, 2.05) is 6.92 Å². The summed E-state index contributed by atoms with van der Waals surface area (Å²) in [4.78, 5) is 12.9. The van der Waals surface area contributed by atoms with E-state index < -0.39 is 26.0 Å². The minimum Gasteiger partial charge on any atom is -0.352 e. The number of sulfonamides is 2. The minimum atomic E-state index is -3.90. The Labute approximate surface area is 193 Å². The standard InChI is InChI=1S/C21H25N5O5S2/c1-15-4-8-18(9-5-15)33(30,31)26(3)21-19(14-24-25(21)2)20(27)23-13-12-16-6-10-17(11-7-16)32(22,28)29/h4-11,14H,12-13H2,1-3H3,(H,23,27)(H2,22,28,29). The van der Waals surface area contributed by atoms with E-state index in [0.29, 0.717) is 6.42 Å². The Morgan fingerprint density at radius 3 is 2.18 bits per heavy atom. The number of hydrogen-bond acceptors (Lipinski definition) is 6. The molecule has 3 aromatic rings. The van der Waals surface area contributed by atoms with E-state index in [1.165, 1.54) is 42.2 Å². The van der Waals surface area contributed by atoms with Crippen LogP contribution in [0.15, 0.2) is 64.5 Å². The van der Waals surface area contributed by atoms with Crippen molar-refractivity contribution >= 4 is 31.8 Å². The summed E-state index contributed by atoms with van der Waals surface area (Å²) in [5.74, 6) is -0.351. The second kappa shape index (κ2) is 9.33. The third-order valence-corrected chi connectivity index (χ3v) is 7.77. The molecule has 0 aliphatic rings. The molecule has 0 saturated carbocycles. The minimum absolute atomic E-state index is 0.00751. The highest BCUT2D eigenvalue weighted by Crippen LogP contribution is 2.25. The fraction of sp³-hybridized carbons (Fsp3) is 0.238. The lowest BCUT2D eigenvalue weighted by atomic mass is 10.1. The SMILES string of the molecule is Cc1ccc(S(=O)(=O)N(C)c2c(C(=O)NCCc3ccc(S(N)(=O)=O)cc3)cnn2C)cc1. The third kappa shape index (κ3) is 5.41. The van der Waals surface area contributed by atoms with Gasteiger partial charge in [-0.25, -0.2) is 22.0 Å². The van der Waals surface area contributed by atoms with Crippen molar-refractivity contribution in [2.24, 2.45) is 12.2 Å². The predicted molar refractivity (Wildman–Crippen MR) is 124 cm³/mol. The predicted octanol–water partition coefficient (Wildman–Crippen LogP) is 1.17. The highest BCUT2D eigenvalue weighted by Gasteiger charge is 2.28. The first kappa shape index (κ1) is 24.4. The number of carbonyl (C=O) groups excluding carboxylic acids is 1. The van der Waals surface area contributed by atoms with Crippen LogP contribution < -0.4 is 14.8 Å². The van der Waals surface area contributed by atoms with E-state index in [4.69, 9.17) is 5.14 Å². The summed E-state index contributed by atoms with van der Waals surface area (Å²) < 4.78 is 51.2. The Morgan fingerprint density at radius 1 is 1.03 bits per heavy atom. The van der Waals surface area contributed by atoms with Crippen molar-refractivity contribution in [2.45, 2.75) is 23.1 Å². The van der Waals surface area contributed by atoms with Crippen molar-refractivity contribution in [3.63, 3.8) is 0 Å². The average molecular weight is 492 g/mol. The van der Waals surface area contributed by atoms with Crippen LogP contribution in [0.25, 0.3) is 0 Å². The van der Waals surface area contributed by atoms with Crippen molar-refractivity contribution in [3.8, 4) is 0 Å². The maximum absolute atomic E-state index is 13.1. The van der Waals surface area contributed by atoms with Gasteiger partial charge in [-0.1, -0.05) is 29.8 Å². The van der Waals surface area contributed by atoms with Crippen LogP contribution in [0, 0.1) is 6.92 Å². The molecule has 0 spiro atoms. The number of aryl methyl sites for hydroxylation is 2. The summed E-state index contributed by atoms with van der Waals surface area (Å²) in [5, 5.41) is 11.9. The Kier molecular flexibility index (Phi) is 6.91. The molecule has 0 fully saturated rings. The van der Waals surface area contributed by atoms with Crippen molar-refractivity contribution in [1.29, 1.82) is 0 Å². The van der Waals surface area contributed by atoms with Crippen LogP contribution in [0.5, 0.6) is 0 Å². The highest BCUT2D eigenvalue weighted by molar-refractivity contribution is 7.92. The van der Waals surface area contributed by atoms with Crippen LogP contribution >= 0.6 is 0 Å². The number of hydrogen-bond donors (Lipinski definition) is 2. The Hall–Kier alpha value is -3.22. The van der Waals surface area contributed by atoms with Crippen LogP contribution in [-0.4, -0.2) is 46.1 Å². The van der Waals surface area contributed by atoms with E-state index in [1.54, 1.807) is 31.3 Å². The van der Waals surface area contributed by atoms with Gasteiger partial charge in [-0.05, 0) is 43.2 Å². The molecule has 0 aliphatic carbocycles. The van der Waals surface area contributed by atoms with Gasteiger partial charge in [0, 0.05) is 20.6 Å². The van der Waals surface area contributed by atoms with Gasteiger partial charge >= 0.3 is 0 Å². The Balaban J connectivity index is 1.73. The molecule has 2 aromatic carbocycles. The van der Waals surface area contributed by atoms with Crippen LogP contribution in [0.1, 0.15) is 21.5 Å². The van der Waals surface area contributed by atoms with Crippen LogP contribution in [0.3, 0.4) is 0 Å². The van der Waals surface area contributed by atoms with E-state index in [2.05, 4.69) is 10.4 Å². The van der Waals surface area contributed by atoms with Gasteiger partial charge in [-0.15, -0.1) is 0 Å². The number of rotatable bonds is 8. The van der Waals surface area contributed by atoms with Gasteiger partial charge in [0.05, 0.1) is 16.0 Å². The monoisotopic (exact) mass is 491 g/mol. The number of carbonyl (C=O) groups is 1. The number of amides is 1. The summed E-state index contributed by atoms with van der Waals surface area (Å²) in [5.41, 5.74) is 1.84. The quantitative estimate of drug-likeness (QED) is 0.484. The molecule has 33 heavy (non-hydrogen) atoms. The van der Waals surface area contributed by atoms with Gasteiger partial charge in [0.25, 0.3) is 15.9 Å². The molecular formula is C21H25N5O5S2. The topological polar surface area (TPSA) is 144 Å². The summed E-state index contributed by atoms with van der Waals surface area (Å²) in [6.45, 7) is 2.11. The van der Waals surface area contributed by atoms with Crippen molar-refractivity contribution in [2.75, 3.05) is 17.9 Å². The lowest BCUT2D eigenvalue weighted by Crippen LogP contribution is -2.32. The molecular weight excluding hydrogens is 466 g/mol. The highest BCUT2D eigenvalue weighted by atomic mass is 32.2. The molecule has 3 rings (SSSR count). The van der Waals surface area contributed by atoms with E-state index >= 15 is 0 Å². The summed E-state index contributed by atoms with van der Waals surface area (Å²) in [6, 6.07) is 12.5. The van der Waals surface area contributed by atoms with Gasteiger partial charge in [0.15, 0.2) is 5.82 Å². The molecule has 176 valence electrons. The number of nitrogens with two attached hydrogens (primary N) is 1. The second-order valence-corrected chi connectivity index (χ2v) is 11.0. The van der Waals surface area contributed by atoms with Crippen LogP contribution in [-0.2, 0) is 33.5 Å².